The number of carboxylic acids is 1. The Balaban J connectivity index is 1.82. The average Bonchev–Trinajstić information content (AvgIpc) is 3.32. The molecule has 3 aromatic rings. The van der Waals surface area contributed by atoms with Crippen LogP contribution in [0.25, 0.3) is 0 Å². The first-order chi connectivity index (χ1) is 20.6. The summed E-state index contributed by atoms with van der Waals surface area (Å²) in [7, 11) is 1.45. The molecule has 2 heterocycles. The second kappa shape index (κ2) is 14.2. The lowest BCUT2D eigenvalue weighted by Gasteiger charge is -2.34. The van der Waals surface area contributed by atoms with Crippen LogP contribution >= 0.6 is 0 Å². The second-order valence-electron chi connectivity index (χ2n) is 10.8. The number of carbonyl (C=O) groups excluding carboxylic acids is 1. The number of carboxylic acid groups (broad SMARTS) is 1. The molecule has 1 aliphatic heterocycles. The van der Waals surface area contributed by atoms with Gasteiger partial charge in [-0.05, 0) is 54.7 Å². The Hall–Kier alpha value is -4.35. The summed E-state index contributed by atoms with van der Waals surface area (Å²) in [6.07, 6.45) is -1.06. The zero-order valence-corrected chi connectivity index (χ0v) is 24.4. The van der Waals surface area contributed by atoms with E-state index in [4.69, 9.17) is 9.84 Å². The van der Waals surface area contributed by atoms with E-state index in [0.29, 0.717) is 17.0 Å². The monoisotopic (exact) mass is 592 g/mol. The highest BCUT2D eigenvalue weighted by molar-refractivity contribution is 6.06. The van der Waals surface area contributed by atoms with Gasteiger partial charge in [0.05, 0.1) is 43.4 Å². The molecule has 43 heavy (non-hydrogen) atoms. The Morgan fingerprint density at radius 3 is 2.37 bits per heavy atom. The van der Waals surface area contributed by atoms with Crippen LogP contribution in [0, 0.1) is 11.7 Å². The SMILES string of the molecule is COc1nccc(C2C(C(=O)Nc3ccccc3)=C(C(C)C)N(CC[C@@H](O)C[C@@H](O)CC(=O)O)C2c2ccc(F)cc2)n1. The van der Waals surface area contributed by atoms with Crippen molar-refractivity contribution in [3.63, 3.8) is 0 Å². The number of methoxy groups -OCH3 is 1. The van der Waals surface area contributed by atoms with Crippen molar-refractivity contribution in [2.24, 2.45) is 5.92 Å². The molecule has 1 amide bonds. The van der Waals surface area contributed by atoms with E-state index < -0.39 is 42.4 Å². The van der Waals surface area contributed by atoms with Crippen LogP contribution in [0.1, 0.15) is 56.3 Å². The zero-order valence-electron chi connectivity index (χ0n) is 24.4. The quantitative estimate of drug-likeness (QED) is 0.228. The smallest absolute Gasteiger partial charge is 0.316 e. The first-order valence-corrected chi connectivity index (χ1v) is 14.2. The standard InChI is InChI=1S/C32H37FN4O6/c1-19(2)29-28(31(42)35-22-7-5-4-6-8-22)27(25-13-15-34-32(36-25)43-3)30(20-9-11-21(33)12-10-20)37(29)16-14-23(38)17-24(39)18-26(40)41/h4-13,15,19,23-24,27,30,38-39H,14,16-18H2,1-3H3,(H,35,42)(H,40,41)/t23-,24-,27?,30?/m1/s1. The minimum absolute atomic E-state index is 0.115. The molecule has 11 heteroatoms. The van der Waals surface area contributed by atoms with E-state index >= 15 is 0 Å². The van der Waals surface area contributed by atoms with Gasteiger partial charge in [0.15, 0.2) is 0 Å². The van der Waals surface area contributed by atoms with Gasteiger partial charge in [-0.1, -0.05) is 44.2 Å². The fourth-order valence-electron chi connectivity index (χ4n) is 5.65. The molecule has 2 unspecified atom stereocenters. The Kier molecular flexibility index (Phi) is 10.4. The number of aliphatic carboxylic acids is 1. The number of nitrogens with one attached hydrogen (secondary N) is 1. The maximum absolute atomic E-state index is 14.2. The van der Waals surface area contributed by atoms with Crippen LogP contribution in [0.3, 0.4) is 0 Å². The number of aliphatic hydroxyl groups excluding tert-OH is 2. The van der Waals surface area contributed by atoms with Crippen molar-refractivity contribution in [1.82, 2.24) is 14.9 Å². The Labute approximate surface area is 249 Å². The maximum atomic E-state index is 14.2. The van der Waals surface area contributed by atoms with Gasteiger partial charge in [-0.3, -0.25) is 9.59 Å². The molecule has 1 aromatic heterocycles. The normalized spacial score (nSPS) is 18.1. The number of nitrogens with zero attached hydrogens (tertiary/aromatic N) is 3. The summed E-state index contributed by atoms with van der Waals surface area (Å²) in [4.78, 5) is 36.0. The largest absolute Gasteiger partial charge is 0.481 e. The third-order valence-electron chi connectivity index (χ3n) is 7.40. The van der Waals surface area contributed by atoms with Crippen molar-refractivity contribution in [3.05, 3.63) is 95.2 Å². The second-order valence-corrected chi connectivity index (χ2v) is 10.8. The third-order valence-corrected chi connectivity index (χ3v) is 7.40. The molecular formula is C32H37FN4O6. The summed E-state index contributed by atoms with van der Waals surface area (Å²) in [5, 5.41) is 32.9. The molecule has 0 saturated carbocycles. The minimum atomic E-state index is -1.20. The average molecular weight is 593 g/mol. The molecule has 0 saturated heterocycles. The third kappa shape index (κ3) is 7.74. The predicted octanol–water partition coefficient (Wildman–Crippen LogP) is 4.29. The number of hydrogen-bond donors (Lipinski definition) is 4. The van der Waals surface area contributed by atoms with Crippen LogP contribution in [-0.2, 0) is 9.59 Å². The molecule has 228 valence electrons. The lowest BCUT2D eigenvalue weighted by molar-refractivity contribution is -0.139. The van der Waals surface area contributed by atoms with Gasteiger partial charge in [0.2, 0.25) is 0 Å². The van der Waals surface area contributed by atoms with E-state index in [2.05, 4.69) is 15.3 Å². The highest BCUT2D eigenvalue weighted by Gasteiger charge is 2.46. The topological polar surface area (TPSA) is 145 Å². The van der Waals surface area contributed by atoms with Crippen molar-refractivity contribution in [2.75, 3.05) is 19.0 Å². The Bertz CT molecular complexity index is 1430. The van der Waals surface area contributed by atoms with Crippen LogP contribution in [0.15, 0.2) is 78.1 Å². The van der Waals surface area contributed by atoms with Crippen LogP contribution in [0.4, 0.5) is 10.1 Å². The van der Waals surface area contributed by atoms with E-state index in [1.165, 1.54) is 19.2 Å². The van der Waals surface area contributed by atoms with Crippen molar-refractivity contribution in [3.8, 4) is 6.01 Å². The molecule has 0 spiro atoms. The van der Waals surface area contributed by atoms with Gasteiger partial charge in [-0.2, -0.15) is 4.98 Å². The predicted molar refractivity (Wildman–Crippen MR) is 158 cm³/mol. The van der Waals surface area contributed by atoms with Gasteiger partial charge < -0.3 is 30.3 Å². The van der Waals surface area contributed by atoms with E-state index in [0.717, 1.165) is 11.3 Å². The number of benzene rings is 2. The summed E-state index contributed by atoms with van der Waals surface area (Å²) in [5.74, 6) is -2.67. The molecule has 2 aromatic carbocycles. The van der Waals surface area contributed by atoms with Gasteiger partial charge in [0.25, 0.3) is 5.91 Å². The van der Waals surface area contributed by atoms with E-state index in [1.54, 1.807) is 36.5 Å². The molecule has 0 aliphatic carbocycles. The number of rotatable bonds is 13. The molecule has 4 N–H and O–H groups in total. The van der Waals surface area contributed by atoms with Crippen molar-refractivity contribution in [2.45, 2.75) is 57.3 Å². The van der Waals surface area contributed by atoms with Gasteiger partial charge >= 0.3 is 12.0 Å². The molecular weight excluding hydrogens is 555 g/mol. The number of halogens is 1. The van der Waals surface area contributed by atoms with Crippen molar-refractivity contribution >= 4 is 17.6 Å². The maximum Gasteiger partial charge on any atom is 0.316 e. The number of amides is 1. The number of aliphatic hydroxyl groups is 2. The number of allylic oxidation sites excluding steroid dienone is 1. The lowest BCUT2D eigenvalue weighted by atomic mass is 9.85. The number of aromatic nitrogens is 2. The van der Waals surface area contributed by atoms with Crippen molar-refractivity contribution in [1.29, 1.82) is 0 Å². The summed E-state index contributed by atoms with van der Waals surface area (Å²) in [6.45, 7) is 4.20. The number of hydrogen-bond acceptors (Lipinski definition) is 8. The molecule has 4 atom stereocenters. The Morgan fingerprint density at radius 2 is 1.74 bits per heavy atom. The highest BCUT2D eigenvalue weighted by Crippen LogP contribution is 2.51. The van der Waals surface area contributed by atoms with Gasteiger partial charge in [-0.15, -0.1) is 0 Å². The molecule has 0 radical (unpaired) electrons. The summed E-state index contributed by atoms with van der Waals surface area (Å²) < 4.78 is 19.4. The van der Waals surface area contributed by atoms with Crippen LogP contribution < -0.4 is 10.1 Å². The molecule has 0 fully saturated rings. The number of carbonyl (C=O) groups is 2. The molecule has 4 rings (SSSR count). The first kappa shape index (κ1) is 31.6. The summed E-state index contributed by atoms with van der Waals surface area (Å²) in [6, 6.07) is 16.5. The summed E-state index contributed by atoms with van der Waals surface area (Å²) >= 11 is 0. The molecule has 10 nitrogen and oxygen atoms in total. The first-order valence-electron chi connectivity index (χ1n) is 14.2. The number of anilines is 1. The van der Waals surface area contributed by atoms with Gasteiger partial charge in [0, 0.05) is 29.7 Å². The highest BCUT2D eigenvalue weighted by atomic mass is 19.1. The number of para-hydroxylation sites is 1. The van der Waals surface area contributed by atoms with Crippen LogP contribution in [0.5, 0.6) is 6.01 Å². The fraction of sp³-hybridized carbons (Fsp3) is 0.375. The Morgan fingerprint density at radius 1 is 1.05 bits per heavy atom. The molecule has 0 bridgehead atoms. The lowest BCUT2D eigenvalue weighted by Crippen LogP contribution is -2.32. The van der Waals surface area contributed by atoms with Crippen LogP contribution in [0.2, 0.25) is 0 Å². The van der Waals surface area contributed by atoms with Gasteiger partial charge in [0.1, 0.15) is 5.82 Å². The summed E-state index contributed by atoms with van der Waals surface area (Å²) in [5.41, 5.74) is 3.06. The van der Waals surface area contributed by atoms with E-state index in [9.17, 15) is 24.2 Å². The van der Waals surface area contributed by atoms with Crippen molar-refractivity contribution < 1.29 is 34.0 Å². The molecule has 1 aliphatic rings. The number of ether oxygens (including phenoxy) is 1. The van der Waals surface area contributed by atoms with Gasteiger partial charge in [-0.25, -0.2) is 9.37 Å². The zero-order chi connectivity index (χ0) is 31.1. The van der Waals surface area contributed by atoms with Crippen LogP contribution in [-0.4, -0.2) is 67.9 Å². The van der Waals surface area contributed by atoms with E-state index in [-0.39, 0.29) is 37.2 Å². The fourth-order valence-corrected chi connectivity index (χ4v) is 5.65. The van der Waals surface area contributed by atoms with E-state index in [1.807, 2.05) is 36.9 Å². The minimum Gasteiger partial charge on any atom is -0.481 e.